The minimum atomic E-state index is -0.0331. The number of hydrogen-bond donors (Lipinski definition) is 2. The van der Waals surface area contributed by atoms with Crippen LogP contribution in [-0.4, -0.2) is 36.5 Å². The molecular formula is C16H22BrN3O. The number of nitrogen functional groups attached to an aromatic ring is 1. The number of benzene rings is 1. The van der Waals surface area contributed by atoms with Gasteiger partial charge in [0.05, 0.1) is 0 Å². The lowest BCUT2D eigenvalue weighted by molar-refractivity contribution is 0.0917. The van der Waals surface area contributed by atoms with E-state index in [9.17, 15) is 4.79 Å². The van der Waals surface area contributed by atoms with Gasteiger partial charge in [0, 0.05) is 34.4 Å². The first-order valence-corrected chi connectivity index (χ1v) is 8.38. The molecule has 21 heavy (non-hydrogen) atoms. The van der Waals surface area contributed by atoms with E-state index in [1.165, 1.54) is 25.7 Å². The van der Waals surface area contributed by atoms with Crippen LogP contribution in [0.4, 0.5) is 5.69 Å². The van der Waals surface area contributed by atoms with Gasteiger partial charge >= 0.3 is 0 Å². The minimum absolute atomic E-state index is 0.0331. The van der Waals surface area contributed by atoms with Crippen LogP contribution >= 0.6 is 15.9 Å². The van der Waals surface area contributed by atoms with Gasteiger partial charge in [-0.3, -0.25) is 4.79 Å². The average Bonchev–Trinajstić information content (AvgIpc) is 2.65. The Morgan fingerprint density at radius 1 is 1.33 bits per heavy atom. The summed E-state index contributed by atoms with van der Waals surface area (Å²) in [6.45, 7) is 0.770. The molecule has 3 N–H and O–H groups in total. The number of fused-ring (bicyclic) bond motifs is 2. The van der Waals surface area contributed by atoms with Crippen molar-refractivity contribution in [1.82, 2.24) is 10.2 Å². The first-order chi connectivity index (χ1) is 10.0. The molecule has 0 radical (unpaired) electrons. The topological polar surface area (TPSA) is 58.4 Å². The molecule has 114 valence electrons. The Kier molecular flexibility index (Phi) is 4.22. The number of carbonyl (C=O) groups excluding carboxylic acids is 1. The molecule has 1 aromatic rings. The lowest BCUT2D eigenvalue weighted by atomic mass is 9.91. The van der Waals surface area contributed by atoms with Crippen molar-refractivity contribution in [3.8, 4) is 0 Å². The maximum Gasteiger partial charge on any atom is 0.251 e. The maximum absolute atomic E-state index is 12.2. The molecule has 4 nitrogen and oxygen atoms in total. The Bertz CT molecular complexity index is 514. The number of anilines is 1. The first kappa shape index (κ1) is 14.9. The highest BCUT2D eigenvalue weighted by Crippen LogP contribution is 2.37. The SMILES string of the molecule is CN1C2CCC1CC(CNC(=O)c1cc(N)cc(Br)c1)C2. The molecule has 2 aliphatic heterocycles. The summed E-state index contributed by atoms with van der Waals surface area (Å²) in [6, 6.07) is 6.76. The number of hydrogen-bond acceptors (Lipinski definition) is 3. The van der Waals surface area contributed by atoms with Gasteiger partial charge in [-0.15, -0.1) is 0 Å². The Labute approximate surface area is 134 Å². The quantitative estimate of drug-likeness (QED) is 0.823. The summed E-state index contributed by atoms with van der Waals surface area (Å²) < 4.78 is 0.838. The van der Waals surface area contributed by atoms with Crippen LogP contribution < -0.4 is 11.1 Å². The minimum Gasteiger partial charge on any atom is -0.399 e. The number of amides is 1. The monoisotopic (exact) mass is 351 g/mol. The Morgan fingerprint density at radius 2 is 2.00 bits per heavy atom. The summed E-state index contributed by atoms with van der Waals surface area (Å²) in [5, 5.41) is 3.07. The van der Waals surface area contributed by atoms with Gasteiger partial charge in [-0.1, -0.05) is 15.9 Å². The van der Waals surface area contributed by atoms with Crippen molar-refractivity contribution in [2.45, 2.75) is 37.8 Å². The van der Waals surface area contributed by atoms with E-state index in [2.05, 4.69) is 33.2 Å². The number of rotatable bonds is 3. The van der Waals surface area contributed by atoms with E-state index in [4.69, 9.17) is 5.73 Å². The van der Waals surface area contributed by atoms with Gasteiger partial charge in [0.1, 0.15) is 0 Å². The predicted octanol–water partition coefficient (Wildman–Crippen LogP) is 2.63. The second kappa shape index (κ2) is 5.97. The molecule has 2 saturated heterocycles. The van der Waals surface area contributed by atoms with Crippen LogP contribution in [0.2, 0.25) is 0 Å². The third kappa shape index (κ3) is 3.24. The Morgan fingerprint density at radius 3 is 2.62 bits per heavy atom. The summed E-state index contributed by atoms with van der Waals surface area (Å²) in [4.78, 5) is 14.8. The third-order valence-corrected chi connectivity index (χ3v) is 5.39. The molecule has 0 aromatic heterocycles. The molecule has 1 aromatic carbocycles. The van der Waals surface area contributed by atoms with Crippen molar-refractivity contribution in [3.05, 3.63) is 28.2 Å². The van der Waals surface area contributed by atoms with Gasteiger partial charge in [0.15, 0.2) is 0 Å². The molecular weight excluding hydrogens is 330 g/mol. The van der Waals surface area contributed by atoms with E-state index in [-0.39, 0.29) is 5.91 Å². The van der Waals surface area contributed by atoms with Crippen LogP contribution in [0.25, 0.3) is 0 Å². The second-order valence-electron chi connectivity index (χ2n) is 6.37. The molecule has 0 aliphatic carbocycles. The van der Waals surface area contributed by atoms with Crippen LogP contribution in [0.5, 0.6) is 0 Å². The molecule has 0 spiro atoms. The number of nitrogens with zero attached hydrogens (tertiary/aromatic N) is 1. The zero-order valence-electron chi connectivity index (χ0n) is 12.3. The van der Waals surface area contributed by atoms with E-state index >= 15 is 0 Å². The number of nitrogens with one attached hydrogen (secondary N) is 1. The fourth-order valence-corrected chi connectivity index (χ4v) is 4.28. The molecule has 2 fully saturated rings. The van der Waals surface area contributed by atoms with Crippen molar-refractivity contribution in [3.63, 3.8) is 0 Å². The van der Waals surface area contributed by atoms with E-state index in [1.807, 2.05) is 6.07 Å². The van der Waals surface area contributed by atoms with Crippen molar-refractivity contribution < 1.29 is 4.79 Å². The zero-order chi connectivity index (χ0) is 15.0. The average molecular weight is 352 g/mol. The fourth-order valence-electron chi connectivity index (χ4n) is 3.77. The van der Waals surface area contributed by atoms with Gasteiger partial charge in [0.25, 0.3) is 5.91 Å². The zero-order valence-corrected chi connectivity index (χ0v) is 13.9. The maximum atomic E-state index is 12.2. The first-order valence-electron chi connectivity index (χ1n) is 7.59. The highest BCUT2D eigenvalue weighted by atomic mass is 79.9. The number of nitrogens with two attached hydrogens (primary N) is 1. The number of piperidine rings is 1. The molecule has 2 aliphatic rings. The van der Waals surface area contributed by atoms with Crippen LogP contribution in [0, 0.1) is 5.92 Å². The molecule has 1 amide bonds. The van der Waals surface area contributed by atoms with Crippen LogP contribution in [0.3, 0.4) is 0 Å². The summed E-state index contributed by atoms with van der Waals surface area (Å²) in [5.41, 5.74) is 7.01. The molecule has 2 atom stereocenters. The fraction of sp³-hybridized carbons (Fsp3) is 0.562. The van der Waals surface area contributed by atoms with Crippen molar-refractivity contribution in [2.75, 3.05) is 19.3 Å². The summed E-state index contributed by atoms with van der Waals surface area (Å²) in [7, 11) is 2.24. The third-order valence-electron chi connectivity index (χ3n) is 4.93. The van der Waals surface area contributed by atoms with Crippen molar-refractivity contribution >= 4 is 27.5 Å². The van der Waals surface area contributed by atoms with Gasteiger partial charge < -0.3 is 16.0 Å². The number of carbonyl (C=O) groups is 1. The Balaban J connectivity index is 1.57. The summed E-state index contributed by atoms with van der Waals surface area (Å²) in [6.07, 6.45) is 5.03. The molecule has 2 heterocycles. The van der Waals surface area contributed by atoms with Crippen LogP contribution in [0.1, 0.15) is 36.0 Å². The molecule has 3 rings (SSSR count). The Hall–Kier alpha value is -1.07. The predicted molar refractivity (Wildman–Crippen MR) is 88.2 cm³/mol. The van der Waals surface area contributed by atoms with E-state index in [0.29, 0.717) is 29.3 Å². The molecule has 0 saturated carbocycles. The second-order valence-corrected chi connectivity index (χ2v) is 7.29. The molecule has 5 heteroatoms. The van der Waals surface area contributed by atoms with Gasteiger partial charge in [0.2, 0.25) is 0 Å². The highest BCUT2D eigenvalue weighted by Gasteiger charge is 2.38. The standard InChI is InChI=1S/C16H22BrN3O/c1-20-14-2-3-15(20)5-10(4-14)9-19-16(21)11-6-12(17)8-13(18)7-11/h6-8,10,14-15H,2-5,9,18H2,1H3,(H,19,21). The summed E-state index contributed by atoms with van der Waals surface area (Å²) in [5.74, 6) is 0.571. The van der Waals surface area contributed by atoms with Crippen LogP contribution in [-0.2, 0) is 0 Å². The van der Waals surface area contributed by atoms with E-state index in [1.54, 1.807) is 12.1 Å². The molecule has 2 unspecified atom stereocenters. The van der Waals surface area contributed by atoms with Crippen molar-refractivity contribution in [2.24, 2.45) is 5.92 Å². The molecule has 2 bridgehead atoms. The highest BCUT2D eigenvalue weighted by molar-refractivity contribution is 9.10. The van der Waals surface area contributed by atoms with E-state index < -0.39 is 0 Å². The van der Waals surface area contributed by atoms with Crippen molar-refractivity contribution in [1.29, 1.82) is 0 Å². The normalized spacial score (nSPS) is 28.6. The van der Waals surface area contributed by atoms with Crippen LogP contribution in [0.15, 0.2) is 22.7 Å². The smallest absolute Gasteiger partial charge is 0.251 e. The summed E-state index contributed by atoms with van der Waals surface area (Å²) >= 11 is 3.37. The number of halogens is 1. The van der Waals surface area contributed by atoms with Gasteiger partial charge in [-0.25, -0.2) is 0 Å². The lowest BCUT2D eigenvalue weighted by Crippen LogP contribution is -2.43. The van der Waals surface area contributed by atoms with E-state index in [0.717, 1.165) is 11.0 Å². The largest absolute Gasteiger partial charge is 0.399 e. The van der Waals surface area contributed by atoms with Gasteiger partial charge in [-0.2, -0.15) is 0 Å². The lowest BCUT2D eigenvalue weighted by Gasteiger charge is -2.36. The van der Waals surface area contributed by atoms with Gasteiger partial charge in [-0.05, 0) is 56.8 Å².